The minimum Gasteiger partial charge on any atom is -0.441 e. The van der Waals surface area contributed by atoms with Crippen LogP contribution in [-0.2, 0) is 21.2 Å². The number of carbonyl (C=O) groups is 1. The molecular weight excluding hydrogens is 445 g/mol. The fourth-order valence-electron chi connectivity index (χ4n) is 3.82. The minimum atomic E-state index is -3.60. The molecule has 2 heterocycles. The van der Waals surface area contributed by atoms with Crippen LogP contribution in [0.1, 0.15) is 38.0 Å². The second-order valence-corrected chi connectivity index (χ2v) is 9.93. The average Bonchev–Trinajstić information content (AvgIpc) is 3.09. The fourth-order valence-corrected chi connectivity index (χ4v) is 5.38. The summed E-state index contributed by atoms with van der Waals surface area (Å²) in [6.07, 6.45) is 5.53. The number of nitrogens with zero attached hydrogens (tertiary/aromatic N) is 2. The number of halogens is 1. The second kappa shape index (κ2) is 10.3. The average molecular weight is 472 g/mol. The van der Waals surface area contributed by atoms with Crippen molar-refractivity contribution in [3.05, 3.63) is 66.4 Å². The molecule has 1 aliphatic heterocycles. The van der Waals surface area contributed by atoms with Crippen molar-refractivity contribution >= 4 is 21.6 Å². The summed E-state index contributed by atoms with van der Waals surface area (Å²) < 4.78 is 47.0. The quantitative estimate of drug-likeness (QED) is 0.543. The van der Waals surface area contributed by atoms with Crippen LogP contribution in [0.3, 0.4) is 0 Å². The molecule has 4 rings (SSSR count). The molecule has 0 saturated carbocycles. The summed E-state index contributed by atoms with van der Waals surface area (Å²) in [4.78, 5) is 16.7. The number of hydrogen-bond acceptors (Lipinski definition) is 5. The lowest BCUT2D eigenvalue weighted by molar-refractivity contribution is -0.116. The van der Waals surface area contributed by atoms with E-state index in [1.807, 2.05) is 0 Å². The molecule has 9 heteroatoms. The molecule has 174 valence electrons. The first-order valence-electron chi connectivity index (χ1n) is 11.0. The van der Waals surface area contributed by atoms with Crippen LogP contribution in [0, 0.1) is 5.82 Å². The Morgan fingerprint density at radius 2 is 1.82 bits per heavy atom. The van der Waals surface area contributed by atoms with E-state index in [0.717, 1.165) is 25.7 Å². The maximum atomic E-state index is 13.9. The summed E-state index contributed by atoms with van der Waals surface area (Å²) in [5.41, 5.74) is 0.721. The van der Waals surface area contributed by atoms with Crippen molar-refractivity contribution in [1.82, 2.24) is 9.29 Å². The van der Waals surface area contributed by atoms with E-state index in [0.29, 0.717) is 36.0 Å². The largest absolute Gasteiger partial charge is 0.441 e. The fraction of sp³-hybridized carbons (Fsp3) is 0.333. The number of amides is 1. The van der Waals surface area contributed by atoms with Gasteiger partial charge in [-0.15, -0.1) is 0 Å². The summed E-state index contributed by atoms with van der Waals surface area (Å²) in [6.45, 7) is 1.04. The monoisotopic (exact) mass is 471 g/mol. The van der Waals surface area contributed by atoms with Crippen molar-refractivity contribution < 1.29 is 22.0 Å². The number of aromatic nitrogens is 1. The number of nitrogens with one attached hydrogen (secondary N) is 1. The molecule has 0 spiro atoms. The molecule has 3 aromatic rings. The Bertz CT molecular complexity index is 1220. The summed E-state index contributed by atoms with van der Waals surface area (Å²) >= 11 is 0. The van der Waals surface area contributed by atoms with E-state index in [-0.39, 0.29) is 23.6 Å². The molecule has 1 aromatic heterocycles. The lowest BCUT2D eigenvalue weighted by Gasteiger charge is -2.20. The number of hydrogen-bond donors (Lipinski definition) is 1. The Hall–Kier alpha value is -3.04. The first kappa shape index (κ1) is 23.1. The molecule has 0 atom stereocenters. The zero-order valence-corrected chi connectivity index (χ0v) is 19.0. The van der Waals surface area contributed by atoms with Gasteiger partial charge >= 0.3 is 0 Å². The summed E-state index contributed by atoms with van der Waals surface area (Å²) in [5, 5.41) is 2.74. The highest BCUT2D eigenvalue weighted by molar-refractivity contribution is 7.89. The van der Waals surface area contributed by atoms with Gasteiger partial charge in [-0.25, -0.2) is 17.8 Å². The zero-order chi connectivity index (χ0) is 23.3. The Labute approximate surface area is 192 Å². The van der Waals surface area contributed by atoms with Gasteiger partial charge in [-0.2, -0.15) is 4.31 Å². The predicted molar refractivity (Wildman–Crippen MR) is 123 cm³/mol. The maximum Gasteiger partial charge on any atom is 0.243 e. The van der Waals surface area contributed by atoms with Gasteiger partial charge < -0.3 is 9.73 Å². The van der Waals surface area contributed by atoms with E-state index in [2.05, 4.69) is 10.3 Å². The molecule has 7 nitrogen and oxygen atoms in total. The van der Waals surface area contributed by atoms with Gasteiger partial charge in [-0.3, -0.25) is 4.79 Å². The molecule has 1 aliphatic rings. The lowest BCUT2D eigenvalue weighted by Crippen LogP contribution is -2.32. The molecule has 0 unspecified atom stereocenters. The lowest BCUT2D eigenvalue weighted by atomic mass is 10.2. The van der Waals surface area contributed by atoms with Gasteiger partial charge in [-0.05, 0) is 43.2 Å². The first-order chi connectivity index (χ1) is 15.9. The third-order valence-electron chi connectivity index (χ3n) is 5.58. The molecule has 1 fully saturated rings. The van der Waals surface area contributed by atoms with E-state index in [1.165, 1.54) is 22.6 Å². The molecule has 1 saturated heterocycles. The van der Waals surface area contributed by atoms with Crippen LogP contribution in [0.2, 0.25) is 0 Å². The van der Waals surface area contributed by atoms with Gasteiger partial charge in [-0.1, -0.05) is 31.0 Å². The Morgan fingerprint density at radius 3 is 2.58 bits per heavy atom. The molecular formula is C24H26FN3O4S. The Morgan fingerprint density at radius 1 is 1.06 bits per heavy atom. The highest BCUT2D eigenvalue weighted by Crippen LogP contribution is 2.25. The van der Waals surface area contributed by atoms with Crippen LogP contribution in [0.15, 0.2) is 64.0 Å². The number of carbonyl (C=O) groups excluding carboxylic acids is 1. The van der Waals surface area contributed by atoms with Crippen LogP contribution in [0.4, 0.5) is 10.1 Å². The van der Waals surface area contributed by atoms with E-state index >= 15 is 0 Å². The first-order valence-corrected chi connectivity index (χ1v) is 12.5. The third kappa shape index (κ3) is 5.66. The van der Waals surface area contributed by atoms with Crippen LogP contribution in [0.25, 0.3) is 11.3 Å². The smallest absolute Gasteiger partial charge is 0.243 e. The van der Waals surface area contributed by atoms with E-state index in [1.54, 1.807) is 36.4 Å². The highest BCUT2D eigenvalue weighted by Gasteiger charge is 2.25. The SMILES string of the molecule is O=C(CCc1ncc(-c2ccccc2F)o1)Nc1cccc(S(=O)(=O)N2CCCCCC2)c1. The normalized spacial score (nSPS) is 15.2. The topological polar surface area (TPSA) is 92.5 Å². The number of anilines is 1. The van der Waals surface area contributed by atoms with Crippen molar-refractivity contribution in [3.8, 4) is 11.3 Å². The summed E-state index contributed by atoms with van der Waals surface area (Å²) in [5.74, 6) is -0.0891. The molecule has 33 heavy (non-hydrogen) atoms. The van der Waals surface area contributed by atoms with Gasteiger partial charge in [0.15, 0.2) is 11.7 Å². The van der Waals surface area contributed by atoms with E-state index in [4.69, 9.17) is 4.42 Å². The summed E-state index contributed by atoms with van der Waals surface area (Å²) in [6, 6.07) is 12.5. The second-order valence-electron chi connectivity index (χ2n) is 7.99. The number of aryl methyl sites for hydroxylation is 1. The molecule has 0 bridgehead atoms. The van der Waals surface area contributed by atoms with Crippen LogP contribution in [0.5, 0.6) is 0 Å². The van der Waals surface area contributed by atoms with Gasteiger partial charge in [0.1, 0.15) is 5.82 Å². The van der Waals surface area contributed by atoms with E-state index in [9.17, 15) is 17.6 Å². The maximum absolute atomic E-state index is 13.9. The number of benzene rings is 2. The van der Waals surface area contributed by atoms with Crippen LogP contribution in [-0.4, -0.2) is 36.7 Å². The standard InChI is InChI=1S/C24H26FN3O4S/c25-21-11-4-3-10-20(21)22-17-26-24(32-22)13-12-23(29)27-18-8-7-9-19(16-18)33(30,31)28-14-5-1-2-6-15-28/h3-4,7-11,16-17H,1-2,5-6,12-15H2,(H,27,29). The van der Waals surface area contributed by atoms with Gasteiger partial charge in [0.25, 0.3) is 0 Å². The Kier molecular flexibility index (Phi) is 7.20. The van der Waals surface area contributed by atoms with E-state index < -0.39 is 15.8 Å². The van der Waals surface area contributed by atoms with Crippen molar-refractivity contribution in [2.45, 2.75) is 43.4 Å². The molecule has 1 N–H and O–H groups in total. The van der Waals surface area contributed by atoms with Crippen LogP contribution < -0.4 is 5.32 Å². The molecule has 0 aliphatic carbocycles. The highest BCUT2D eigenvalue weighted by atomic mass is 32.2. The third-order valence-corrected chi connectivity index (χ3v) is 7.47. The molecule has 2 aromatic carbocycles. The number of sulfonamides is 1. The van der Waals surface area contributed by atoms with Crippen molar-refractivity contribution in [2.75, 3.05) is 18.4 Å². The Balaban J connectivity index is 1.37. The molecule has 0 radical (unpaired) electrons. The predicted octanol–water partition coefficient (Wildman–Crippen LogP) is 4.62. The molecule has 1 amide bonds. The number of oxazole rings is 1. The number of rotatable bonds is 7. The van der Waals surface area contributed by atoms with Gasteiger partial charge in [0.05, 0.1) is 16.7 Å². The van der Waals surface area contributed by atoms with Crippen molar-refractivity contribution in [1.29, 1.82) is 0 Å². The summed E-state index contributed by atoms with van der Waals surface area (Å²) in [7, 11) is -3.60. The van der Waals surface area contributed by atoms with Gasteiger partial charge in [0.2, 0.25) is 15.9 Å². The van der Waals surface area contributed by atoms with Gasteiger partial charge in [0, 0.05) is 31.6 Å². The zero-order valence-electron chi connectivity index (χ0n) is 18.2. The minimum absolute atomic E-state index is 0.0837. The van der Waals surface area contributed by atoms with Crippen molar-refractivity contribution in [3.63, 3.8) is 0 Å². The van der Waals surface area contributed by atoms with Crippen LogP contribution >= 0.6 is 0 Å². The van der Waals surface area contributed by atoms with Crippen molar-refractivity contribution in [2.24, 2.45) is 0 Å².